The number of aryl methyl sites for hydroxylation is 2. The molecule has 1 aromatic heterocycles. The van der Waals surface area contributed by atoms with E-state index < -0.39 is 10.0 Å². The van der Waals surface area contributed by atoms with E-state index in [2.05, 4.69) is 4.98 Å². The summed E-state index contributed by atoms with van der Waals surface area (Å²) in [6.07, 6.45) is 5.59. The molecule has 1 aliphatic carbocycles. The molecule has 6 nitrogen and oxygen atoms in total. The molecule has 0 spiro atoms. The van der Waals surface area contributed by atoms with Gasteiger partial charge in [0.2, 0.25) is 0 Å². The van der Waals surface area contributed by atoms with Gasteiger partial charge in [-0.05, 0) is 19.8 Å². The second-order valence-electron chi connectivity index (χ2n) is 5.08. The summed E-state index contributed by atoms with van der Waals surface area (Å²) >= 11 is 0. The summed E-state index contributed by atoms with van der Waals surface area (Å²) in [7, 11) is -1.73. The van der Waals surface area contributed by atoms with Crippen molar-refractivity contribution in [3.05, 3.63) is 12.0 Å². The minimum atomic E-state index is -3.53. The highest BCUT2D eigenvalue weighted by Gasteiger charge is 2.34. The van der Waals surface area contributed by atoms with Crippen LogP contribution in [0.2, 0.25) is 0 Å². The van der Waals surface area contributed by atoms with E-state index >= 15 is 0 Å². The molecule has 0 bridgehead atoms. The number of aromatic nitrogens is 2. The lowest BCUT2D eigenvalue weighted by atomic mass is 10.2. The van der Waals surface area contributed by atoms with E-state index in [0.717, 1.165) is 25.7 Å². The zero-order valence-electron chi connectivity index (χ0n) is 11.5. The van der Waals surface area contributed by atoms with Gasteiger partial charge in [-0.3, -0.25) is 0 Å². The van der Waals surface area contributed by atoms with Crippen LogP contribution in [-0.4, -0.2) is 41.4 Å². The number of sulfonamides is 1. The van der Waals surface area contributed by atoms with Gasteiger partial charge in [-0.1, -0.05) is 12.8 Å². The Kier molecular flexibility index (Phi) is 4.27. The second-order valence-corrected chi connectivity index (χ2v) is 6.92. The van der Waals surface area contributed by atoms with E-state index in [-0.39, 0.29) is 11.1 Å². The summed E-state index contributed by atoms with van der Waals surface area (Å²) < 4.78 is 28.6. The van der Waals surface area contributed by atoms with Crippen LogP contribution < -0.4 is 5.73 Å². The lowest BCUT2D eigenvalue weighted by molar-refractivity contribution is 0.327. The van der Waals surface area contributed by atoms with E-state index in [0.29, 0.717) is 18.9 Å². The monoisotopic (exact) mass is 286 g/mol. The number of hydrogen-bond donors (Lipinski definition) is 1. The maximum Gasteiger partial charge on any atom is 0.262 e. The Morgan fingerprint density at radius 2 is 2.11 bits per heavy atom. The van der Waals surface area contributed by atoms with E-state index in [4.69, 9.17) is 5.73 Å². The van der Waals surface area contributed by atoms with Crippen LogP contribution in [0.1, 0.15) is 31.5 Å². The van der Waals surface area contributed by atoms with Crippen molar-refractivity contribution < 1.29 is 8.42 Å². The van der Waals surface area contributed by atoms with Crippen molar-refractivity contribution in [2.75, 3.05) is 13.1 Å². The molecule has 19 heavy (non-hydrogen) atoms. The first-order valence-electron chi connectivity index (χ1n) is 6.68. The Hall–Kier alpha value is -0.920. The van der Waals surface area contributed by atoms with Gasteiger partial charge in [0.1, 0.15) is 5.82 Å². The van der Waals surface area contributed by atoms with Crippen molar-refractivity contribution in [2.24, 2.45) is 12.8 Å². The smallest absolute Gasteiger partial charge is 0.262 e. The molecule has 0 unspecified atom stereocenters. The van der Waals surface area contributed by atoms with Crippen LogP contribution in [-0.2, 0) is 17.1 Å². The Morgan fingerprint density at radius 3 is 2.58 bits per heavy atom. The predicted molar refractivity (Wildman–Crippen MR) is 73.1 cm³/mol. The van der Waals surface area contributed by atoms with Gasteiger partial charge in [0.25, 0.3) is 10.0 Å². The lowest BCUT2D eigenvalue weighted by Crippen LogP contribution is -2.42. The van der Waals surface area contributed by atoms with E-state index in [1.165, 1.54) is 0 Å². The Bertz CT molecular complexity index is 512. The maximum absolute atomic E-state index is 12.7. The van der Waals surface area contributed by atoms with Crippen molar-refractivity contribution in [1.82, 2.24) is 13.9 Å². The molecule has 7 heteroatoms. The third-order valence-electron chi connectivity index (χ3n) is 3.74. The molecule has 1 fully saturated rings. The molecule has 0 atom stereocenters. The molecular formula is C12H22N4O2S. The molecule has 1 aliphatic rings. The van der Waals surface area contributed by atoms with Crippen LogP contribution in [0, 0.1) is 6.92 Å². The minimum absolute atomic E-state index is 0.0795. The number of rotatable bonds is 5. The van der Waals surface area contributed by atoms with Crippen LogP contribution in [0.15, 0.2) is 11.2 Å². The standard InChI is InChI=1S/C12H22N4O2S/c1-10-14-12(9-15(10)2)19(17,18)16(8-7-13)11-5-3-4-6-11/h9,11H,3-8,13H2,1-2H3. The third kappa shape index (κ3) is 2.82. The highest BCUT2D eigenvalue weighted by molar-refractivity contribution is 7.89. The van der Waals surface area contributed by atoms with Crippen molar-refractivity contribution in [3.8, 4) is 0 Å². The molecule has 0 radical (unpaired) electrons. The second kappa shape index (κ2) is 5.60. The summed E-state index contributed by atoms with van der Waals surface area (Å²) in [5, 5.41) is 0.132. The van der Waals surface area contributed by atoms with Crippen molar-refractivity contribution >= 4 is 10.0 Å². The van der Waals surface area contributed by atoms with E-state index in [1.54, 1.807) is 29.0 Å². The van der Waals surface area contributed by atoms with Crippen LogP contribution >= 0.6 is 0 Å². The number of hydrogen-bond acceptors (Lipinski definition) is 4. The summed E-state index contributed by atoms with van der Waals surface area (Å²) in [5.41, 5.74) is 5.58. The summed E-state index contributed by atoms with van der Waals surface area (Å²) in [4.78, 5) is 4.15. The largest absolute Gasteiger partial charge is 0.337 e. The SMILES string of the molecule is Cc1nc(S(=O)(=O)N(CCN)C2CCCC2)cn1C. The van der Waals surface area contributed by atoms with Gasteiger partial charge in [0.15, 0.2) is 5.03 Å². The third-order valence-corrected chi connectivity index (χ3v) is 5.56. The van der Waals surface area contributed by atoms with Crippen molar-refractivity contribution in [2.45, 2.75) is 43.7 Å². The summed E-state index contributed by atoms with van der Waals surface area (Å²) in [6, 6.07) is 0.0795. The molecule has 108 valence electrons. The fourth-order valence-electron chi connectivity index (χ4n) is 2.59. The fourth-order valence-corrected chi connectivity index (χ4v) is 4.32. The maximum atomic E-state index is 12.7. The molecule has 0 saturated heterocycles. The van der Waals surface area contributed by atoms with Crippen LogP contribution in [0.25, 0.3) is 0 Å². The number of imidazole rings is 1. The Balaban J connectivity index is 2.33. The quantitative estimate of drug-likeness (QED) is 0.860. The zero-order valence-corrected chi connectivity index (χ0v) is 12.4. The Labute approximate surface area is 114 Å². The fraction of sp³-hybridized carbons (Fsp3) is 0.750. The van der Waals surface area contributed by atoms with Gasteiger partial charge >= 0.3 is 0 Å². The van der Waals surface area contributed by atoms with Crippen LogP contribution in [0.3, 0.4) is 0 Å². The topological polar surface area (TPSA) is 81.2 Å². The first-order valence-corrected chi connectivity index (χ1v) is 8.12. The lowest BCUT2D eigenvalue weighted by Gasteiger charge is -2.26. The molecule has 1 aromatic rings. The van der Waals surface area contributed by atoms with Gasteiger partial charge in [-0.25, -0.2) is 13.4 Å². The first-order chi connectivity index (χ1) is 8.96. The molecule has 1 heterocycles. The van der Waals surface area contributed by atoms with Crippen LogP contribution in [0.4, 0.5) is 0 Å². The van der Waals surface area contributed by atoms with Crippen molar-refractivity contribution in [3.63, 3.8) is 0 Å². The zero-order chi connectivity index (χ0) is 14.0. The van der Waals surface area contributed by atoms with Gasteiger partial charge in [-0.15, -0.1) is 0 Å². The normalized spacial score (nSPS) is 17.5. The summed E-state index contributed by atoms with van der Waals surface area (Å²) in [6.45, 7) is 2.49. The van der Waals surface area contributed by atoms with E-state index in [9.17, 15) is 8.42 Å². The average molecular weight is 286 g/mol. The average Bonchev–Trinajstić information content (AvgIpc) is 2.97. The molecular weight excluding hydrogens is 264 g/mol. The van der Waals surface area contributed by atoms with Gasteiger partial charge < -0.3 is 10.3 Å². The molecule has 2 N–H and O–H groups in total. The van der Waals surface area contributed by atoms with Gasteiger partial charge in [0.05, 0.1) is 0 Å². The molecule has 0 aliphatic heterocycles. The summed E-state index contributed by atoms with van der Waals surface area (Å²) in [5.74, 6) is 0.692. The Morgan fingerprint density at radius 1 is 1.47 bits per heavy atom. The van der Waals surface area contributed by atoms with Crippen LogP contribution in [0.5, 0.6) is 0 Å². The van der Waals surface area contributed by atoms with Gasteiger partial charge in [-0.2, -0.15) is 4.31 Å². The first kappa shape index (κ1) is 14.5. The predicted octanol–water partition coefficient (Wildman–Crippen LogP) is 0.621. The molecule has 0 aromatic carbocycles. The van der Waals surface area contributed by atoms with Crippen molar-refractivity contribution in [1.29, 1.82) is 0 Å². The molecule has 2 rings (SSSR count). The number of nitrogens with two attached hydrogens (primary N) is 1. The van der Waals surface area contributed by atoms with Gasteiger partial charge in [0, 0.05) is 32.4 Å². The molecule has 1 saturated carbocycles. The highest BCUT2D eigenvalue weighted by Crippen LogP contribution is 2.27. The molecule has 0 amide bonds. The number of nitrogens with zero attached hydrogens (tertiary/aromatic N) is 3. The minimum Gasteiger partial charge on any atom is -0.337 e. The highest BCUT2D eigenvalue weighted by atomic mass is 32.2. The van der Waals surface area contributed by atoms with E-state index in [1.807, 2.05) is 0 Å².